The van der Waals surface area contributed by atoms with Crippen LogP contribution in [0.3, 0.4) is 0 Å². The molecule has 4 rings (SSSR count). The molecule has 0 bridgehead atoms. The fourth-order valence-corrected chi connectivity index (χ4v) is 3.48. The molecule has 8 nitrogen and oxygen atoms in total. The maximum absolute atomic E-state index is 12.7. The van der Waals surface area contributed by atoms with Crippen LogP contribution in [-0.4, -0.2) is 76.6 Å². The van der Waals surface area contributed by atoms with E-state index < -0.39 is 0 Å². The number of fused-ring (bicyclic) bond motifs is 1. The molecular formula is C21H23N7O. The van der Waals surface area contributed by atoms with Crippen molar-refractivity contribution in [3.8, 4) is 17.3 Å². The van der Waals surface area contributed by atoms with Gasteiger partial charge < -0.3 is 10.2 Å². The Morgan fingerprint density at radius 3 is 2.66 bits per heavy atom. The molecule has 3 aromatic rings. The molecule has 1 amide bonds. The number of aromatic nitrogens is 3. The van der Waals surface area contributed by atoms with Gasteiger partial charge in [0.2, 0.25) is 0 Å². The highest BCUT2D eigenvalue weighted by molar-refractivity contribution is 5.96. The van der Waals surface area contributed by atoms with Crippen LogP contribution in [0.5, 0.6) is 0 Å². The molecule has 0 atom stereocenters. The minimum Gasteiger partial charge on any atom is -0.351 e. The number of nitriles is 1. The molecule has 1 aromatic carbocycles. The number of carbonyl (C=O) groups excluding carboxylic acids is 1. The number of carbonyl (C=O) groups is 1. The highest BCUT2D eigenvalue weighted by atomic mass is 16.1. The minimum absolute atomic E-state index is 0.125. The highest BCUT2D eigenvalue weighted by Gasteiger charge is 2.15. The maximum Gasteiger partial charge on any atom is 0.251 e. The lowest BCUT2D eigenvalue weighted by Gasteiger charge is -2.32. The van der Waals surface area contributed by atoms with Gasteiger partial charge in [0.15, 0.2) is 5.65 Å². The van der Waals surface area contributed by atoms with Crippen LogP contribution in [-0.2, 0) is 0 Å². The highest BCUT2D eigenvalue weighted by Crippen LogP contribution is 2.22. The number of pyridine rings is 1. The van der Waals surface area contributed by atoms with Gasteiger partial charge in [-0.1, -0.05) is 12.1 Å². The second kappa shape index (κ2) is 8.39. The van der Waals surface area contributed by atoms with E-state index >= 15 is 0 Å². The summed E-state index contributed by atoms with van der Waals surface area (Å²) in [4.78, 5) is 21.7. The molecule has 0 aliphatic carbocycles. The summed E-state index contributed by atoms with van der Waals surface area (Å²) in [5, 5.41) is 16.3. The quantitative estimate of drug-likeness (QED) is 0.706. The summed E-state index contributed by atoms with van der Waals surface area (Å²) >= 11 is 0. The molecule has 1 N–H and O–H groups in total. The van der Waals surface area contributed by atoms with Gasteiger partial charge in [0.05, 0.1) is 17.3 Å². The predicted molar refractivity (Wildman–Crippen MR) is 109 cm³/mol. The van der Waals surface area contributed by atoms with Crippen LogP contribution in [0.15, 0.2) is 42.7 Å². The molecule has 8 heteroatoms. The number of hydrogen-bond donors (Lipinski definition) is 1. The Bertz CT molecular complexity index is 1040. The summed E-state index contributed by atoms with van der Waals surface area (Å²) in [6, 6.07) is 12.9. The summed E-state index contributed by atoms with van der Waals surface area (Å²) < 4.78 is 1.70. The van der Waals surface area contributed by atoms with Crippen molar-refractivity contribution in [2.45, 2.75) is 0 Å². The van der Waals surface area contributed by atoms with Crippen molar-refractivity contribution in [2.75, 3.05) is 46.3 Å². The smallest absolute Gasteiger partial charge is 0.251 e. The Hall–Kier alpha value is -3.28. The zero-order valence-electron chi connectivity index (χ0n) is 16.4. The van der Waals surface area contributed by atoms with Crippen LogP contribution in [0.1, 0.15) is 15.9 Å². The molecule has 148 valence electrons. The number of nitrogens with one attached hydrogen (secondary N) is 1. The maximum atomic E-state index is 12.7. The van der Waals surface area contributed by atoms with Crippen molar-refractivity contribution >= 4 is 11.6 Å². The third kappa shape index (κ3) is 4.26. The molecule has 0 radical (unpaired) electrons. The minimum atomic E-state index is -0.125. The lowest BCUT2D eigenvalue weighted by Crippen LogP contribution is -2.46. The first-order valence-corrected chi connectivity index (χ1v) is 9.67. The number of nitrogens with zero attached hydrogens (tertiary/aromatic N) is 6. The Labute approximate surface area is 169 Å². The topological polar surface area (TPSA) is 89.6 Å². The van der Waals surface area contributed by atoms with E-state index in [1.165, 1.54) is 6.33 Å². The standard InChI is InChI=1S/C21H23N7O/c1-26-8-10-27(11-9-26)7-6-23-21(29)18-12-19(28-20(13-18)24-15-25-28)17-4-2-16(14-22)3-5-17/h2-5,12-13,15H,6-11H2,1H3,(H,23,29). The molecule has 29 heavy (non-hydrogen) atoms. The molecule has 1 saturated heterocycles. The van der Waals surface area contributed by atoms with Crippen LogP contribution < -0.4 is 5.32 Å². The van der Waals surface area contributed by atoms with Crippen LogP contribution in [0.2, 0.25) is 0 Å². The normalized spacial score (nSPS) is 15.3. The average molecular weight is 389 g/mol. The van der Waals surface area contributed by atoms with E-state index in [0.717, 1.165) is 44.0 Å². The molecular weight excluding hydrogens is 366 g/mol. The lowest BCUT2D eigenvalue weighted by atomic mass is 10.1. The Kier molecular flexibility index (Phi) is 5.51. The number of benzene rings is 1. The zero-order valence-corrected chi connectivity index (χ0v) is 16.4. The molecule has 3 heterocycles. The van der Waals surface area contributed by atoms with Gasteiger partial charge >= 0.3 is 0 Å². The second-order valence-corrected chi connectivity index (χ2v) is 7.25. The van der Waals surface area contributed by atoms with Crippen LogP contribution in [0.25, 0.3) is 16.9 Å². The first-order chi connectivity index (χ1) is 14.1. The van der Waals surface area contributed by atoms with Crippen molar-refractivity contribution in [2.24, 2.45) is 0 Å². The van der Waals surface area contributed by atoms with E-state index in [0.29, 0.717) is 23.3 Å². The van der Waals surface area contributed by atoms with Crippen molar-refractivity contribution in [3.05, 3.63) is 53.9 Å². The van der Waals surface area contributed by atoms with Crippen molar-refractivity contribution in [1.29, 1.82) is 5.26 Å². The fraction of sp³-hybridized carbons (Fsp3) is 0.333. The van der Waals surface area contributed by atoms with Gasteiger partial charge in [0, 0.05) is 50.4 Å². The van der Waals surface area contributed by atoms with Gasteiger partial charge in [-0.15, -0.1) is 0 Å². The second-order valence-electron chi connectivity index (χ2n) is 7.25. The van der Waals surface area contributed by atoms with Crippen molar-refractivity contribution < 1.29 is 4.79 Å². The fourth-order valence-electron chi connectivity index (χ4n) is 3.48. The number of hydrogen-bond acceptors (Lipinski definition) is 6. The van der Waals surface area contributed by atoms with E-state index in [1.807, 2.05) is 18.2 Å². The van der Waals surface area contributed by atoms with Gasteiger partial charge in [-0.05, 0) is 31.3 Å². The van der Waals surface area contributed by atoms with Gasteiger partial charge in [-0.3, -0.25) is 9.69 Å². The van der Waals surface area contributed by atoms with Gasteiger partial charge in [-0.25, -0.2) is 9.50 Å². The molecule has 1 aliphatic rings. The molecule has 1 aliphatic heterocycles. The summed E-state index contributed by atoms with van der Waals surface area (Å²) in [5.74, 6) is -0.125. The average Bonchev–Trinajstić information content (AvgIpc) is 3.23. The third-order valence-corrected chi connectivity index (χ3v) is 5.26. The lowest BCUT2D eigenvalue weighted by molar-refractivity contribution is 0.0941. The van der Waals surface area contributed by atoms with E-state index in [9.17, 15) is 4.79 Å². The summed E-state index contributed by atoms with van der Waals surface area (Å²) in [6.07, 6.45) is 1.47. The largest absolute Gasteiger partial charge is 0.351 e. The first-order valence-electron chi connectivity index (χ1n) is 9.67. The molecule has 0 saturated carbocycles. The third-order valence-electron chi connectivity index (χ3n) is 5.26. The Morgan fingerprint density at radius 1 is 1.17 bits per heavy atom. The van der Waals surface area contributed by atoms with Crippen LogP contribution in [0.4, 0.5) is 0 Å². The molecule has 0 unspecified atom stereocenters. The van der Waals surface area contributed by atoms with E-state index in [2.05, 4.69) is 38.3 Å². The van der Waals surface area contributed by atoms with Crippen LogP contribution >= 0.6 is 0 Å². The Balaban J connectivity index is 1.50. The summed E-state index contributed by atoms with van der Waals surface area (Å²) in [7, 11) is 2.13. The van der Waals surface area contributed by atoms with E-state index in [1.54, 1.807) is 22.7 Å². The van der Waals surface area contributed by atoms with Gasteiger partial charge in [0.25, 0.3) is 5.91 Å². The predicted octanol–water partition coefficient (Wildman–Crippen LogP) is 1.25. The molecule has 2 aromatic heterocycles. The number of piperazine rings is 1. The van der Waals surface area contributed by atoms with Crippen LogP contribution in [0, 0.1) is 11.3 Å². The van der Waals surface area contributed by atoms with E-state index in [4.69, 9.17) is 5.26 Å². The number of rotatable bonds is 5. The molecule has 0 spiro atoms. The number of amides is 1. The van der Waals surface area contributed by atoms with E-state index in [-0.39, 0.29) is 5.91 Å². The van der Waals surface area contributed by atoms with Crippen molar-refractivity contribution in [3.63, 3.8) is 0 Å². The number of likely N-dealkylation sites (N-methyl/N-ethyl adjacent to an activating group) is 1. The van der Waals surface area contributed by atoms with Gasteiger partial charge in [0.1, 0.15) is 6.33 Å². The molecule has 1 fully saturated rings. The summed E-state index contributed by atoms with van der Waals surface area (Å²) in [5.41, 5.74) is 3.36. The van der Waals surface area contributed by atoms with Crippen molar-refractivity contribution in [1.82, 2.24) is 29.7 Å². The van der Waals surface area contributed by atoms with Gasteiger partial charge in [-0.2, -0.15) is 10.4 Å². The zero-order chi connectivity index (χ0) is 20.2. The summed E-state index contributed by atoms with van der Waals surface area (Å²) in [6.45, 7) is 5.63. The first kappa shape index (κ1) is 19.1. The SMILES string of the molecule is CN1CCN(CCNC(=O)c2cc(-c3ccc(C#N)cc3)n3ncnc3c2)CC1. The Morgan fingerprint density at radius 2 is 1.93 bits per heavy atom. The monoisotopic (exact) mass is 389 g/mol.